The number of hydrogen-bond acceptors (Lipinski definition) is 7. The van der Waals surface area contributed by atoms with Gasteiger partial charge >= 0.3 is 29.0 Å². The predicted molar refractivity (Wildman–Crippen MR) is 136 cm³/mol. The van der Waals surface area contributed by atoms with Gasteiger partial charge in [-0.3, -0.25) is 9.36 Å². The molecule has 0 saturated carbocycles. The highest BCUT2D eigenvalue weighted by Crippen LogP contribution is 2.18. The van der Waals surface area contributed by atoms with Crippen LogP contribution in [0.15, 0.2) is 53.3 Å². The lowest BCUT2D eigenvalue weighted by atomic mass is 10.1. The maximum Gasteiger partial charge on any atom is 0.333 e. The Labute approximate surface area is 219 Å². The Morgan fingerprint density at radius 3 is 2.54 bits per heavy atom. The van der Waals surface area contributed by atoms with E-state index in [4.69, 9.17) is 19.2 Å². The number of aromatic nitrogens is 2. The van der Waals surface area contributed by atoms with Crippen molar-refractivity contribution in [2.24, 2.45) is 0 Å². The fraction of sp³-hybridized carbons (Fsp3) is 0.400. The molecule has 35 heavy (non-hydrogen) atoms. The smallest absolute Gasteiger partial charge is 0.333 e. The average molecular weight is 494 g/mol. The first-order valence-corrected chi connectivity index (χ1v) is 11.4. The van der Waals surface area contributed by atoms with Crippen molar-refractivity contribution in [3.63, 3.8) is 0 Å². The molecule has 1 aromatic heterocycles. The monoisotopic (exact) mass is 493 g/mol. The van der Waals surface area contributed by atoms with E-state index in [1.54, 1.807) is 29.7 Å². The van der Waals surface area contributed by atoms with E-state index < -0.39 is 12.1 Å². The van der Waals surface area contributed by atoms with Crippen molar-refractivity contribution in [2.75, 3.05) is 44.4 Å². The van der Waals surface area contributed by atoms with E-state index >= 15 is 0 Å². The largest absolute Gasteiger partial charge is 0.492 e. The predicted octanol–water partition coefficient (Wildman–Crippen LogP) is 1.43. The molecule has 3 aromatic rings. The van der Waals surface area contributed by atoms with E-state index in [1.807, 2.05) is 30.3 Å². The van der Waals surface area contributed by atoms with Crippen LogP contribution in [0, 0.1) is 0 Å². The van der Waals surface area contributed by atoms with E-state index in [0.29, 0.717) is 62.1 Å². The van der Waals surface area contributed by atoms with Crippen molar-refractivity contribution < 1.29 is 24.1 Å². The van der Waals surface area contributed by atoms with E-state index in [-0.39, 0.29) is 41.6 Å². The molecule has 0 aliphatic carbocycles. The van der Waals surface area contributed by atoms with Crippen LogP contribution in [0.2, 0.25) is 0 Å². The second kappa shape index (κ2) is 12.9. The lowest BCUT2D eigenvalue weighted by Crippen LogP contribution is -2.41. The minimum absolute atomic E-state index is 0. The lowest BCUT2D eigenvalue weighted by Gasteiger charge is -2.29. The Balaban J connectivity index is 0.00000342. The summed E-state index contributed by atoms with van der Waals surface area (Å²) in [4.78, 5) is 31.4. The van der Waals surface area contributed by atoms with E-state index in [1.165, 1.54) is 0 Å². The molecule has 10 heteroatoms. The molecule has 0 bridgehead atoms. The molecule has 2 heterocycles. The van der Waals surface area contributed by atoms with Crippen LogP contribution in [-0.2, 0) is 27.2 Å². The molecule has 1 fully saturated rings. The van der Waals surface area contributed by atoms with Gasteiger partial charge in [0.2, 0.25) is 5.95 Å². The van der Waals surface area contributed by atoms with Gasteiger partial charge in [0, 0.05) is 26.1 Å². The molecule has 1 aliphatic rings. The molecule has 184 valence electrons. The summed E-state index contributed by atoms with van der Waals surface area (Å²) in [7, 11) is 0. The molecular weight excluding hydrogens is 463 g/mol. The van der Waals surface area contributed by atoms with Gasteiger partial charge in [0.15, 0.2) is 6.10 Å². The zero-order chi connectivity index (χ0) is 23.9. The summed E-state index contributed by atoms with van der Waals surface area (Å²) in [6, 6.07) is 14.6. The van der Waals surface area contributed by atoms with Gasteiger partial charge in [0.1, 0.15) is 12.4 Å². The Hall–Kier alpha value is -2.66. The number of fused-ring (bicyclic) bond motifs is 1. The number of carboxylic acid groups (broad SMARTS) is 1. The number of benzene rings is 2. The van der Waals surface area contributed by atoms with Crippen LogP contribution in [0.1, 0.15) is 12.5 Å². The summed E-state index contributed by atoms with van der Waals surface area (Å²) < 4.78 is 18.3. The summed E-state index contributed by atoms with van der Waals surface area (Å²) in [5.41, 5.74) is 1.42. The second-order valence-electron chi connectivity index (χ2n) is 7.96. The average Bonchev–Trinajstić information content (AvgIpc) is 2.86. The highest BCUT2D eigenvalue weighted by Gasteiger charge is 2.20. The molecule has 1 unspecified atom stereocenters. The van der Waals surface area contributed by atoms with Gasteiger partial charge in [-0.15, -0.1) is 0 Å². The molecule has 0 amide bonds. The van der Waals surface area contributed by atoms with Gasteiger partial charge in [-0.25, -0.2) is 9.78 Å². The molecule has 1 saturated heterocycles. The SMILES string of the molecule is CCOC(Cc1ccc(OCCn2c(N3CCOCC3)nc3ccccc3c2=O)cc1)C(=O)O.[MgH2]. The summed E-state index contributed by atoms with van der Waals surface area (Å²) in [5.74, 6) is 0.288. The second-order valence-corrected chi connectivity index (χ2v) is 7.96. The van der Waals surface area contributed by atoms with Crippen molar-refractivity contribution in [1.29, 1.82) is 0 Å². The van der Waals surface area contributed by atoms with E-state index in [9.17, 15) is 14.7 Å². The normalized spacial score (nSPS) is 14.4. The maximum absolute atomic E-state index is 13.2. The number of ether oxygens (including phenoxy) is 3. The zero-order valence-electron chi connectivity index (χ0n) is 19.2. The van der Waals surface area contributed by atoms with Crippen molar-refractivity contribution in [3.05, 3.63) is 64.4 Å². The molecule has 1 atom stereocenters. The van der Waals surface area contributed by atoms with Gasteiger partial charge < -0.3 is 24.2 Å². The number of hydrogen-bond donors (Lipinski definition) is 1. The first kappa shape index (κ1) is 26.9. The Kier molecular flexibility index (Phi) is 9.90. The van der Waals surface area contributed by atoms with Crippen LogP contribution in [0.3, 0.4) is 0 Å². The maximum atomic E-state index is 13.2. The van der Waals surface area contributed by atoms with Gasteiger partial charge in [0.25, 0.3) is 5.56 Å². The summed E-state index contributed by atoms with van der Waals surface area (Å²) in [5, 5.41) is 9.83. The van der Waals surface area contributed by atoms with Crippen LogP contribution in [0.25, 0.3) is 10.9 Å². The fourth-order valence-corrected chi connectivity index (χ4v) is 3.97. The molecule has 9 nitrogen and oxygen atoms in total. The number of para-hydroxylation sites is 1. The molecule has 2 aromatic carbocycles. The van der Waals surface area contributed by atoms with Crippen molar-refractivity contribution in [3.8, 4) is 5.75 Å². The molecule has 0 spiro atoms. The number of carbonyl (C=O) groups is 1. The van der Waals surface area contributed by atoms with E-state index in [0.717, 1.165) is 5.56 Å². The Morgan fingerprint density at radius 1 is 1.14 bits per heavy atom. The standard InChI is InChI=1S/C25H29N3O6.Mg.2H/c1-2-33-22(24(30)31)17-18-7-9-19(10-8-18)34-16-13-28-23(29)20-5-3-4-6-21(20)26-25(28)27-11-14-32-15-12-27;;;/h3-10,22H,2,11-17H2,1H3,(H,30,31);;;. The Morgan fingerprint density at radius 2 is 1.86 bits per heavy atom. The number of morpholine rings is 1. The first-order chi connectivity index (χ1) is 16.6. The third-order valence-corrected chi connectivity index (χ3v) is 5.71. The highest BCUT2D eigenvalue weighted by atomic mass is 24.3. The van der Waals surface area contributed by atoms with Gasteiger partial charge in [-0.05, 0) is 36.8 Å². The third-order valence-electron chi connectivity index (χ3n) is 5.71. The van der Waals surface area contributed by atoms with E-state index in [2.05, 4.69) is 4.90 Å². The summed E-state index contributed by atoms with van der Waals surface area (Å²) in [6.45, 7) is 5.28. The summed E-state index contributed by atoms with van der Waals surface area (Å²) >= 11 is 0. The van der Waals surface area contributed by atoms with Gasteiger partial charge in [-0.2, -0.15) is 0 Å². The minimum Gasteiger partial charge on any atom is -0.492 e. The van der Waals surface area contributed by atoms with Crippen LogP contribution in [-0.4, -0.2) is 89.3 Å². The van der Waals surface area contributed by atoms with Gasteiger partial charge in [-0.1, -0.05) is 24.3 Å². The van der Waals surface area contributed by atoms with Crippen molar-refractivity contribution in [1.82, 2.24) is 9.55 Å². The third kappa shape index (κ3) is 6.72. The Bertz CT molecular complexity index is 1180. The molecule has 1 aliphatic heterocycles. The number of anilines is 1. The van der Waals surface area contributed by atoms with Crippen LogP contribution in [0.5, 0.6) is 5.75 Å². The first-order valence-electron chi connectivity index (χ1n) is 11.4. The number of aliphatic carboxylic acids is 1. The number of nitrogens with zero attached hydrogens (tertiary/aromatic N) is 3. The van der Waals surface area contributed by atoms with Crippen LogP contribution < -0.4 is 15.2 Å². The highest BCUT2D eigenvalue weighted by molar-refractivity contribution is 5.78. The number of carboxylic acids is 1. The lowest BCUT2D eigenvalue weighted by molar-refractivity contribution is -0.149. The molecule has 4 rings (SSSR count). The molecular formula is C25H31MgN3O6. The van der Waals surface area contributed by atoms with Crippen molar-refractivity contribution in [2.45, 2.75) is 26.0 Å². The van der Waals surface area contributed by atoms with Crippen molar-refractivity contribution >= 4 is 45.9 Å². The fourth-order valence-electron chi connectivity index (χ4n) is 3.97. The zero-order valence-corrected chi connectivity index (χ0v) is 19.2. The topological polar surface area (TPSA) is 103 Å². The number of rotatable bonds is 10. The van der Waals surface area contributed by atoms with Crippen LogP contribution >= 0.6 is 0 Å². The minimum atomic E-state index is -0.979. The quantitative estimate of drug-likeness (QED) is 0.423. The summed E-state index contributed by atoms with van der Waals surface area (Å²) in [6.07, 6.45) is -0.590. The van der Waals surface area contributed by atoms with Gasteiger partial charge in [0.05, 0.1) is 30.7 Å². The van der Waals surface area contributed by atoms with Crippen LogP contribution in [0.4, 0.5) is 5.95 Å². The molecule has 1 N–H and O–H groups in total. The molecule has 0 radical (unpaired) electrons.